The van der Waals surface area contributed by atoms with Crippen LogP contribution in [0.5, 0.6) is 0 Å². The Kier molecular flexibility index (Phi) is 4.49. The third-order valence-electron chi connectivity index (χ3n) is 2.25. The summed E-state index contributed by atoms with van der Waals surface area (Å²) in [7, 11) is 0. The van der Waals surface area contributed by atoms with Gasteiger partial charge in [0.1, 0.15) is 12.1 Å². The molecule has 2 N–H and O–H groups in total. The maximum absolute atomic E-state index is 12.1. The zero-order valence-corrected chi connectivity index (χ0v) is 11.6. The summed E-state index contributed by atoms with van der Waals surface area (Å²) in [5, 5.41) is 19.4. The van der Waals surface area contributed by atoms with Crippen LogP contribution in [0.2, 0.25) is 5.02 Å². The molecule has 2 amide bonds. The molecule has 20 heavy (non-hydrogen) atoms. The smallest absolute Gasteiger partial charge is 0.328 e. The fourth-order valence-electron chi connectivity index (χ4n) is 1.42. The molecule has 1 aromatic heterocycles. The molecule has 1 aromatic carbocycles. The van der Waals surface area contributed by atoms with Crippen molar-refractivity contribution in [1.29, 1.82) is 0 Å². The van der Waals surface area contributed by atoms with Gasteiger partial charge in [0.2, 0.25) is 5.13 Å². The predicted molar refractivity (Wildman–Crippen MR) is 75.4 cm³/mol. The molecule has 7 nitrogen and oxygen atoms in total. The van der Waals surface area contributed by atoms with E-state index in [0.717, 1.165) is 16.2 Å². The van der Waals surface area contributed by atoms with Gasteiger partial charge in [-0.2, -0.15) is 0 Å². The van der Waals surface area contributed by atoms with E-state index in [-0.39, 0.29) is 0 Å². The van der Waals surface area contributed by atoms with Gasteiger partial charge in [0.15, 0.2) is 0 Å². The molecule has 0 saturated heterocycles. The number of carbonyl (C=O) groups is 2. The second kappa shape index (κ2) is 6.31. The van der Waals surface area contributed by atoms with Crippen LogP contribution in [-0.2, 0) is 4.79 Å². The van der Waals surface area contributed by atoms with Gasteiger partial charge in [0.25, 0.3) is 0 Å². The highest BCUT2D eigenvalue weighted by molar-refractivity contribution is 7.13. The number of carboxylic acids is 1. The van der Waals surface area contributed by atoms with E-state index >= 15 is 0 Å². The Morgan fingerprint density at radius 3 is 2.60 bits per heavy atom. The molecule has 0 aliphatic rings. The summed E-state index contributed by atoms with van der Waals surface area (Å²) >= 11 is 6.90. The lowest BCUT2D eigenvalue weighted by atomic mass is 10.3. The molecule has 0 fully saturated rings. The topological polar surface area (TPSA) is 95.4 Å². The zero-order chi connectivity index (χ0) is 14.5. The fourth-order valence-corrected chi connectivity index (χ4v) is 1.98. The number of nitrogens with one attached hydrogen (secondary N) is 1. The SMILES string of the molecule is O=C(O)CN(C(=O)Nc1nncs1)c1ccc(Cl)cc1. The van der Waals surface area contributed by atoms with Crippen LogP contribution in [0.3, 0.4) is 0 Å². The van der Waals surface area contributed by atoms with Crippen LogP contribution in [0.15, 0.2) is 29.8 Å². The van der Waals surface area contributed by atoms with Crippen molar-refractivity contribution in [2.24, 2.45) is 0 Å². The molecule has 2 aromatic rings. The van der Waals surface area contributed by atoms with Gasteiger partial charge in [-0.1, -0.05) is 22.9 Å². The molecule has 1 heterocycles. The molecule has 2 rings (SSSR count). The molecule has 0 bridgehead atoms. The Bertz CT molecular complexity index is 603. The summed E-state index contributed by atoms with van der Waals surface area (Å²) < 4.78 is 0. The van der Waals surface area contributed by atoms with Crippen molar-refractivity contribution < 1.29 is 14.7 Å². The van der Waals surface area contributed by atoms with Crippen molar-refractivity contribution in [3.63, 3.8) is 0 Å². The van der Waals surface area contributed by atoms with E-state index in [1.54, 1.807) is 24.3 Å². The summed E-state index contributed by atoms with van der Waals surface area (Å²) in [6.07, 6.45) is 0. The molecular weight excluding hydrogens is 304 g/mol. The van der Waals surface area contributed by atoms with E-state index in [4.69, 9.17) is 16.7 Å². The Hall–Kier alpha value is -2.19. The fraction of sp³-hybridized carbons (Fsp3) is 0.0909. The molecule has 0 aliphatic heterocycles. The number of anilines is 2. The normalized spacial score (nSPS) is 10.1. The standard InChI is InChI=1S/C11H9ClN4O3S/c12-7-1-3-8(4-2-7)16(5-9(17)18)11(19)14-10-15-13-6-20-10/h1-4,6H,5H2,(H,17,18)(H,14,15,19). The predicted octanol–water partition coefficient (Wildman–Crippen LogP) is 2.31. The number of halogens is 1. The largest absolute Gasteiger partial charge is 0.480 e. The first kappa shape index (κ1) is 14.2. The number of nitrogens with zero attached hydrogens (tertiary/aromatic N) is 3. The van der Waals surface area contributed by atoms with Gasteiger partial charge in [0, 0.05) is 10.7 Å². The molecule has 104 valence electrons. The van der Waals surface area contributed by atoms with Gasteiger partial charge >= 0.3 is 12.0 Å². The number of carboxylic acid groups (broad SMARTS) is 1. The average molecular weight is 313 g/mol. The Morgan fingerprint density at radius 2 is 2.05 bits per heavy atom. The quantitative estimate of drug-likeness (QED) is 0.903. The second-order valence-corrected chi connectivity index (χ2v) is 4.90. The highest BCUT2D eigenvalue weighted by Gasteiger charge is 2.19. The van der Waals surface area contributed by atoms with Crippen LogP contribution in [0.25, 0.3) is 0 Å². The molecule has 0 atom stereocenters. The number of hydrogen-bond acceptors (Lipinski definition) is 5. The Balaban J connectivity index is 2.20. The molecule has 0 radical (unpaired) electrons. The zero-order valence-electron chi connectivity index (χ0n) is 9.99. The number of aliphatic carboxylic acids is 1. The van der Waals surface area contributed by atoms with Crippen LogP contribution < -0.4 is 10.2 Å². The van der Waals surface area contributed by atoms with Crippen LogP contribution >= 0.6 is 22.9 Å². The van der Waals surface area contributed by atoms with Gasteiger partial charge in [0.05, 0.1) is 0 Å². The second-order valence-electron chi connectivity index (χ2n) is 3.63. The molecular formula is C11H9ClN4O3S. The summed E-state index contributed by atoms with van der Waals surface area (Å²) in [6, 6.07) is 5.66. The van der Waals surface area contributed by atoms with Gasteiger partial charge in [-0.3, -0.25) is 15.0 Å². The van der Waals surface area contributed by atoms with E-state index < -0.39 is 18.5 Å². The van der Waals surface area contributed by atoms with E-state index in [9.17, 15) is 9.59 Å². The van der Waals surface area contributed by atoms with Gasteiger partial charge in [-0.15, -0.1) is 10.2 Å². The third-order valence-corrected chi connectivity index (χ3v) is 3.11. The lowest BCUT2D eigenvalue weighted by Gasteiger charge is -2.20. The van der Waals surface area contributed by atoms with Crippen molar-refractivity contribution in [2.75, 3.05) is 16.8 Å². The molecule has 9 heteroatoms. The summed E-state index contributed by atoms with van der Waals surface area (Å²) in [6.45, 7) is -0.480. The summed E-state index contributed by atoms with van der Waals surface area (Å²) in [4.78, 5) is 24.0. The number of rotatable bonds is 4. The van der Waals surface area contributed by atoms with Crippen molar-refractivity contribution in [2.45, 2.75) is 0 Å². The molecule has 0 aliphatic carbocycles. The van der Waals surface area contributed by atoms with E-state index in [2.05, 4.69) is 15.5 Å². The maximum atomic E-state index is 12.1. The van der Waals surface area contributed by atoms with Crippen molar-refractivity contribution in [3.05, 3.63) is 34.8 Å². The Labute approximate surface area is 122 Å². The van der Waals surface area contributed by atoms with E-state index in [1.165, 1.54) is 5.51 Å². The number of urea groups is 1. The highest BCUT2D eigenvalue weighted by atomic mass is 35.5. The monoisotopic (exact) mass is 312 g/mol. The maximum Gasteiger partial charge on any atom is 0.328 e. The van der Waals surface area contributed by atoms with Crippen LogP contribution in [0, 0.1) is 0 Å². The minimum atomic E-state index is -1.13. The molecule has 0 saturated carbocycles. The first-order chi connectivity index (χ1) is 9.56. The first-order valence-corrected chi connectivity index (χ1v) is 6.64. The van der Waals surface area contributed by atoms with Crippen molar-refractivity contribution in [3.8, 4) is 0 Å². The minimum Gasteiger partial charge on any atom is -0.480 e. The van der Waals surface area contributed by atoms with Gasteiger partial charge in [-0.25, -0.2) is 4.79 Å². The lowest BCUT2D eigenvalue weighted by molar-refractivity contribution is -0.135. The highest BCUT2D eigenvalue weighted by Crippen LogP contribution is 2.19. The van der Waals surface area contributed by atoms with Gasteiger partial charge in [-0.05, 0) is 24.3 Å². The summed E-state index contributed by atoms with van der Waals surface area (Å²) in [5.41, 5.74) is 1.87. The number of benzene rings is 1. The Morgan fingerprint density at radius 1 is 1.35 bits per heavy atom. The average Bonchev–Trinajstić information content (AvgIpc) is 2.89. The summed E-state index contributed by atoms with van der Waals surface area (Å²) in [5.74, 6) is -1.13. The number of amides is 2. The molecule has 0 spiro atoms. The van der Waals surface area contributed by atoms with Crippen LogP contribution in [-0.4, -0.2) is 33.8 Å². The first-order valence-electron chi connectivity index (χ1n) is 5.38. The number of carbonyl (C=O) groups excluding carboxylic acids is 1. The van der Waals surface area contributed by atoms with Gasteiger partial charge < -0.3 is 5.11 Å². The van der Waals surface area contributed by atoms with E-state index in [1.807, 2.05) is 0 Å². The molecule has 0 unspecified atom stereocenters. The van der Waals surface area contributed by atoms with Crippen LogP contribution in [0.4, 0.5) is 15.6 Å². The van der Waals surface area contributed by atoms with E-state index in [0.29, 0.717) is 15.8 Å². The minimum absolute atomic E-state index is 0.291. The van der Waals surface area contributed by atoms with Crippen molar-refractivity contribution in [1.82, 2.24) is 10.2 Å². The number of aromatic nitrogens is 2. The van der Waals surface area contributed by atoms with Crippen LogP contribution in [0.1, 0.15) is 0 Å². The third kappa shape index (κ3) is 3.65. The van der Waals surface area contributed by atoms with Crippen molar-refractivity contribution >= 4 is 45.8 Å². The number of hydrogen-bond donors (Lipinski definition) is 2. The lowest BCUT2D eigenvalue weighted by Crippen LogP contribution is -2.38.